The number of amides is 2. The predicted molar refractivity (Wildman–Crippen MR) is 86.2 cm³/mol. The quantitative estimate of drug-likeness (QED) is 0.480. The third kappa shape index (κ3) is 2.78. The third-order valence-electron chi connectivity index (χ3n) is 3.73. The Morgan fingerprint density at radius 1 is 1.17 bits per heavy atom. The molecule has 1 aromatic carbocycles. The van der Waals surface area contributed by atoms with Gasteiger partial charge in [-0.05, 0) is 37.3 Å². The minimum atomic E-state index is -0.414. The Kier molecular flexibility index (Phi) is 4.37. The maximum absolute atomic E-state index is 12.8. The van der Waals surface area contributed by atoms with Crippen molar-refractivity contribution < 1.29 is 23.5 Å². The summed E-state index contributed by atoms with van der Waals surface area (Å²) >= 11 is 0. The smallest absolute Gasteiger partial charge is 0.264 e. The van der Waals surface area contributed by atoms with Gasteiger partial charge in [0.2, 0.25) is 0 Å². The zero-order valence-electron chi connectivity index (χ0n) is 13.4. The zero-order valence-corrected chi connectivity index (χ0v) is 13.4. The van der Waals surface area contributed by atoms with Gasteiger partial charge in [0.05, 0.1) is 43.9 Å². The topological polar surface area (TPSA) is 69.0 Å². The van der Waals surface area contributed by atoms with Gasteiger partial charge < -0.3 is 13.9 Å². The molecule has 1 aromatic heterocycles. The van der Waals surface area contributed by atoms with Crippen LogP contribution in [0.25, 0.3) is 5.57 Å². The van der Waals surface area contributed by atoms with Crippen LogP contribution in [0.3, 0.4) is 0 Å². The number of fused-ring (bicyclic) bond motifs is 1. The van der Waals surface area contributed by atoms with Crippen LogP contribution >= 0.6 is 0 Å². The first-order valence-corrected chi connectivity index (χ1v) is 7.54. The molecule has 1 aliphatic rings. The van der Waals surface area contributed by atoms with E-state index in [1.807, 2.05) is 6.92 Å². The molecule has 0 radical (unpaired) electrons. The summed E-state index contributed by atoms with van der Waals surface area (Å²) in [5.74, 6) is 0.269. The highest BCUT2D eigenvalue weighted by molar-refractivity contribution is 6.30. The molecule has 2 amide bonds. The Bertz CT molecular complexity index is 792. The second-order valence-electron chi connectivity index (χ2n) is 5.17. The fourth-order valence-corrected chi connectivity index (χ4v) is 2.54. The lowest BCUT2D eigenvalue weighted by Crippen LogP contribution is -2.41. The van der Waals surface area contributed by atoms with E-state index in [9.17, 15) is 9.59 Å². The van der Waals surface area contributed by atoms with E-state index in [-0.39, 0.29) is 12.5 Å². The van der Waals surface area contributed by atoms with Crippen LogP contribution in [0.1, 0.15) is 28.6 Å². The molecule has 0 atom stereocenters. The molecule has 0 saturated heterocycles. The van der Waals surface area contributed by atoms with Crippen molar-refractivity contribution in [3.63, 3.8) is 0 Å². The molecule has 1 aliphatic heterocycles. The molecule has 6 heteroatoms. The average molecular weight is 327 g/mol. The van der Waals surface area contributed by atoms with Crippen LogP contribution in [0, 0.1) is 0 Å². The summed E-state index contributed by atoms with van der Waals surface area (Å²) in [4.78, 5) is 26.7. The molecule has 24 heavy (non-hydrogen) atoms. The molecule has 0 unspecified atom stereocenters. The SMILES string of the molecule is CCOC=C1C(=O)N(Cc2ccco2)C(=O)c2cc(OC)ccc21. The second kappa shape index (κ2) is 6.62. The molecule has 0 spiro atoms. The number of hydrogen-bond donors (Lipinski definition) is 0. The van der Waals surface area contributed by atoms with Gasteiger partial charge in [-0.2, -0.15) is 0 Å². The average Bonchev–Trinajstić information content (AvgIpc) is 3.11. The van der Waals surface area contributed by atoms with Crippen molar-refractivity contribution in [3.05, 3.63) is 59.7 Å². The van der Waals surface area contributed by atoms with Gasteiger partial charge in [-0.25, -0.2) is 0 Å². The number of ether oxygens (including phenoxy) is 2. The molecule has 0 saturated carbocycles. The summed E-state index contributed by atoms with van der Waals surface area (Å²) in [6, 6.07) is 8.45. The molecule has 0 aliphatic carbocycles. The monoisotopic (exact) mass is 327 g/mol. The van der Waals surface area contributed by atoms with E-state index in [4.69, 9.17) is 13.9 Å². The van der Waals surface area contributed by atoms with Gasteiger partial charge in [-0.1, -0.05) is 0 Å². The van der Waals surface area contributed by atoms with E-state index in [2.05, 4.69) is 0 Å². The molecule has 0 N–H and O–H groups in total. The predicted octanol–water partition coefficient (Wildman–Crippen LogP) is 2.85. The van der Waals surface area contributed by atoms with Gasteiger partial charge in [0.15, 0.2) is 0 Å². The Hall–Kier alpha value is -3.02. The minimum Gasteiger partial charge on any atom is -0.501 e. The fourth-order valence-electron chi connectivity index (χ4n) is 2.54. The first-order valence-electron chi connectivity index (χ1n) is 7.54. The van der Waals surface area contributed by atoms with E-state index in [1.165, 1.54) is 19.6 Å². The first-order chi connectivity index (χ1) is 11.7. The van der Waals surface area contributed by atoms with E-state index in [0.29, 0.717) is 34.8 Å². The fraction of sp³-hybridized carbons (Fsp3) is 0.222. The lowest BCUT2D eigenvalue weighted by atomic mass is 9.94. The Labute approximate surface area is 139 Å². The molecule has 124 valence electrons. The molecule has 3 rings (SSSR count). The highest BCUT2D eigenvalue weighted by Crippen LogP contribution is 2.32. The zero-order chi connectivity index (χ0) is 17.1. The van der Waals surface area contributed by atoms with E-state index in [1.54, 1.807) is 30.3 Å². The number of rotatable bonds is 5. The van der Waals surface area contributed by atoms with E-state index < -0.39 is 5.91 Å². The highest BCUT2D eigenvalue weighted by atomic mass is 16.5. The number of furan rings is 1. The minimum absolute atomic E-state index is 0.0603. The van der Waals surface area contributed by atoms with Crippen molar-refractivity contribution in [2.24, 2.45) is 0 Å². The summed E-state index contributed by atoms with van der Waals surface area (Å²) < 4.78 is 15.7. The summed E-state index contributed by atoms with van der Waals surface area (Å²) in [7, 11) is 1.53. The molecule has 2 aromatic rings. The van der Waals surface area contributed by atoms with Crippen molar-refractivity contribution in [1.82, 2.24) is 4.90 Å². The number of hydrogen-bond acceptors (Lipinski definition) is 5. The number of benzene rings is 1. The van der Waals surface area contributed by atoms with Crippen LogP contribution in [0.15, 0.2) is 47.3 Å². The van der Waals surface area contributed by atoms with Gasteiger partial charge >= 0.3 is 0 Å². The number of imide groups is 1. The van der Waals surface area contributed by atoms with Crippen molar-refractivity contribution in [3.8, 4) is 5.75 Å². The van der Waals surface area contributed by atoms with Gasteiger partial charge in [0, 0.05) is 5.56 Å². The highest BCUT2D eigenvalue weighted by Gasteiger charge is 2.36. The maximum Gasteiger partial charge on any atom is 0.264 e. The van der Waals surface area contributed by atoms with Crippen molar-refractivity contribution >= 4 is 17.4 Å². The number of nitrogens with zero attached hydrogens (tertiary/aromatic N) is 1. The van der Waals surface area contributed by atoms with Crippen molar-refractivity contribution in [1.29, 1.82) is 0 Å². The van der Waals surface area contributed by atoms with Crippen molar-refractivity contribution in [2.75, 3.05) is 13.7 Å². The Morgan fingerprint density at radius 3 is 2.67 bits per heavy atom. The largest absolute Gasteiger partial charge is 0.501 e. The Morgan fingerprint density at radius 2 is 2.00 bits per heavy atom. The van der Waals surface area contributed by atoms with Crippen LogP contribution in [0.2, 0.25) is 0 Å². The summed E-state index contributed by atoms with van der Waals surface area (Å²) in [5.41, 5.74) is 1.27. The van der Waals surface area contributed by atoms with Crippen LogP contribution in [-0.4, -0.2) is 30.4 Å². The molecule has 2 heterocycles. The summed E-state index contributed by atoms with van der Waals surface area (Å²) in [5, 5.41) is 0. The lowest BCUT2D eigenvalue weighted by molar-refractivity contribution is -0.123. The molecule has 0 bridgehead atoms. The number of carbonyl (C=O) groups excluding carboxylic acids is 2. The van der Waals surface area contributed by atoms with Crippen LogP contribution in [-0.2, 0) is 16.1 Å². The maximum atomic E-state index is 12.8. The lowest BCUT2D eigenvalue weighted by Gasteiger charge is -2.28. The van der Waals surface area contributed by atoms with Crippen molar-refractivity contribution in [2.45, 2.75) is 13.5 Å². The van der Waals surface area contributed by atoms with E-state index >= 15 is 0 Å². The molecule has 6 nitrogen and oxygen atoms in total. The number of methoxy groups -OCH3 is 1. The van der Waals surface area contributed by atoms with Crippen LogP contribution < -0.4 is 4.74 Å². The van der Waals surface area contributed by atoms with Gasteiger partial charge in [0.25, 0.3) is 11.8 Å². The van der Waals surface area contributed by atoms with Gasteiger partial charge in [0.1, 0.15) is 11.5 Å². The normalized spacial score (nSPS) is 15.6. The van der Waals surface area contributed by atoms with Gasteiger partial charge in [-0.15, -0.1) is 0 Å². The van der Waals surface area contributed by atoms with Crippen LogP contribution in [0.5, 0.6) is 5.75 Å². The standard InChI is InChI=1S/C18H17NO5/c1-3-23-11-16-14-7-6-12(22-2)9-15(14)17(20)19(18(16)21)10-13-5-4-8-24-13/h4-9,11H,3,10H2,1-2H3. The first kappa shape index (κ1) is 15.9. The summed E-state index contributed by atoms with van der Waals surface area (Å²) in [6.07, 6.45) is 2.90. The Balaban J connectivity index is 2.07. The molecule has 0 fully saturated rings. The van der Waals surface area contributed by atoms with Gasteiger partial charge in [-0.3, -0.25) is 14.5 Å². The molecular weight excluding hydrogens is 310 g/mol. The molecular formula is C18H17NO5. The second-order valence-corrected chi connectivity index (χ2v) is 5.17. The number of carbonyl (C=O) groups is 2. The third-order valence-corrected chi connectivity index (χ3v) is 3.73. The summed E-state index contributed by atoms with van der Waals surface area (Å²) in [6.45, 7) is 2.31. The van der Waals surface area contributed by atoms with Crippen LogP contribution in [0.4, 0.5) is 0 Å². The van der Waals surface area contributed by atoms with E-state index in [0.717, 1.165) is 4.90 Å².